The van der Waals surface area contributed by atoms with Gasteiger partial charge in [0.1, 0.15) is 30.5 Å². The molecule has 1 aliphatic rings. The monoisotopic (exact) mass is 1010 g/mol. The van der Waals surface area contributed by atoms with Crippen molar-refractivity contribution < 1.29 is 56.2 Å². The lowest BCUT2D eigenvalue weighted by atomic mass is 9.99. The minimum Gasteiger partial charge on any atom is -0.457 e. The van der Waals surface area contributed by atoms with Crippen molar-refractivity contribution in [1.82, 2.24) is 0 Å². The highest BCUT2D eigenvalue weighted by Gasteiger charge is 2.48. The highest BCUT2D eigenvalue weighted by atomic mass is 32.3. The fraction of sp³-hybridized carbons (Fsp3) is 0.842. The van der Waals surface area contributed by atoms with Gasteiger partial charge in [-0.1, -0.05) is 210 Å². The molecule has 1 fully saturated rings. The van der Waals surface area contributed by atoms with Gasteiger partial charge in [0.2, 0.25) is 0 Å². The lowest BCUT2D eigenvalue weighted by Crippen LogP contribution is -2.60. The number of allylic oxidation sites excluding steroid dienone is 8. The van der Waals surface area contributed by atoms with Crippen LogP contribution in [0.15, 0.2) is 48.6 Å². The minimum atomic E-state index is -5.07. The van der Waals surface area contributed by atoms with Crippen molar-refractivity contribution >= 4 is 16.4 Å². The molecule has 0 amide bonds. The van der Waals surface area contributed by atoms with Gasteiger partial charge in [-0.2, -0.15) is 8.42 Å². The standard InChI is InChI=1S/C57H104O12S/c1-3-5-7-9-11-13-15-17-19-21-23-25-26-27-28-30-32-34-36-38-40-42-44-46-53(59)67-51(50-66-57-55(61)56(69-70(62,63)64)54(60)52(48-58)68-57)49-65-47-45-43-41-39-37-35-33-31-29-24-22-20-18-16-14-12-10-8-6-4-2/h12,14-15,17-18,20-21,23,51-52,54-58,60-61H,3-11,13,16,19,22,24-50H2,1-2H3,(H,62,63,64)/b14-12-,17-15-,20-18-,23-21-. The molecule has 0 aromatic rings. The smallest absolute Gasteiger partial charge is 0.397 e. The summed E-state index contributed by atoms with van der Waals surface area (Å²) in [5, 5.41) is 30.8. The average Bonchev–Trinajstić information content (AvgIpc) is 3.34. The molecule has 1 heterocycles. The van der Waals surface area contributed by atoms with E-state index in [1.54, 1.807) is 0 Å². The van der Waals surface area contributed by atoms with Crippen molar-refractivity contribution in [2.75, 3.05) is 26.4 Å². The Balaban J connectivity index is 2.31. The van der Waals surface area contributed by atoms with Crippen LogP contribution in [-0.4, -0.2) is 97.5 Å². The Morgan fingerprint density at radius 1 is 0.543 bits per heavy atom. The molecule has 1 aliphatic heterocycles. The summed E-state index contributed by atoms with van der Waals surface area (Å²) < 4.78 is 59.4. The van der Waals surface area contributed by atoms with Gasteiger partial charge in [0.15, 0.2) is 6.29 Å². The van der Waals surface area contributed by atoms with E-state index in [2.05, 4.69) is 66.6 Å². The molecule has 0 aromatic carbocycles. The number of carbonyl (C=O) groups is 1. The van der Waals surface area contributed by atoms with Gasteiger partial charge < -0.3 is 34.3 Å². The third-order valence-electron chi connectivity index (χ3n) is 12.9. The Labute approximate surface area is 427 Å². The number of rotatable bonds is 50. The van der Waals surface area contributed by atoms with Crippen LogP contribution < -0.4 is 0 Å². The molecule has 12 nitrogen and oxygen atoms in total. The second kappa shape index (κ2) is 48.0. The molecule has 6 atom stereocenters. The Hall–Kier alpha value is -1.94. The molecule has 13 heteroatoms. The maximum absolute atomic E-state index is 13.0. The van der Waals surface area contributed by atoms with Crippen LogP contribution in [-0.2, 0) is 38.3 Å². The van der Waals surface area contributed by atoms with E-state index in [0.29, 0.717) is 13.0 Å². The first-order chi connectivity index (χ1) is 34.1. The minimum absolute atomic E-state index is 0.0335. The Kier molecular flexibility index (Phi) is 45.3. The third kappa shape index (κ3) is 40.5. The van der Waals surface area contributed by atoms with Gasteiger partial charge in [-0.15, -0.1) is 0 Å². The molecule has 0 saturated carbocycles. The quantitative estimate of drug-likeness (QED) is 0.0196. The van der Waals surface area contributed by atoms with Crippen LogP contribution in [0.2, 0.25) is 0 Å². The molecular formula is C57H104O12S. The second-order valence-electron chi connectivity index (χ2n) is 19.5. The number of unbranched alkanes of at least 4 members (excludes halogenated alkanes) is 29. The largest absolute Gasteiger partial charge is 0.457 e. The van der Waals surface area contributed by atoms with Gasteiger partial charge in [0, 0.05) is 13.0 Å². The molecule has 1 rings (SSSR count). The van der Waals surface area contributed by atoms with Crippen LogP contribution in [0.25, 0.3) is 0 Å². The Bertz CT molecular complexity index is 1400. The highest BCUT2D eigenvalue weighted by Crippen LogP contribution is 2.26. The van der Waals surface area contributed by atoms with Crippen molar-refractivity contribution in [1.29, 1.82) is 0 Å². The van der Waals surface area contributed by atoms with Crippen LogP contribution >= 0.6 is 0 Å². The molecule has 0 radical (unpaired) electrons. The number of esters is 1. The van der Waals surface area contributed by atoms with E-state index < -0.39 is 59.8 Å². The van der Waals surface area contributed by atoms with Gasteiger partial charge in [0.05, 0.1) is 19.8 Å². The van der Waals surface area contributed by atoms with E-state index >= 15 is 0 Å². The number of carbonyl (C=O) groups excluding carboxylic acids is 1. The van der Waals surface area contributed by atoms with Crippen LogP contribution in [0.4, 0.5) is 0 Å². The lowest BCUT2D eigenvalue weighted by molar-refractivity contribution is -0.301. The average molecular weight is 1010 g/mol. The van der Waals surface area contributed by atoms with Crippen molar-refractivity contribution in [3.8, 4) is 0 Å². The highest BCUT2D eigenvalue weighted by molar-refractivity contribution is 7.80. The molecule has 1 saturated heterocycles. The number of hydrogen-bond donors (Lipinski definition) is 4. The van der Waals surface area contributed by atoms with E-state index in [1.165, 1.54) is 167 Å². The van der Waals surface area contributed by atoms with Gasteiger partial charge in [-0.3, -0.25) is 9.35 Å². The summed E-state index contributed by atoms with van der Waals surface area (Å²) in [7, 11) is -5.07. The van der Waals surface area contributed by atoms with Gasteiger partial charge in [0.25, 0.3) is 0 Å². The van der Waals surface area contributed by atoms with Gasteiger partial charge >= 0.3 is 16.4 Å². The zero-order valence-electron chi connectivity index (χ0n) is 44.3. The number of hydrogen-bond acceptors (Lipinski definition) is 11. The van der Waals surface area contributed by atoms with E-state index in [1.807, 2.05) is 0 Å². The number of ether oxygens (including phenoxy) is 4. The molecule has 410 valence electrons. The van der Waals surface area contributed by atoms with Gasteiger partial charge in [-0.05, 0) is 77.0 Å². The molecule has 70 heavy (non-hydrogen) atoms. The lowest BCUT2D eigenvalue weighted by Gasteiger charge is -2.41. The first-order valence-corrected chi connectivity index (χ1v) is 29.8. The molecule has 0 spiro atoms. The second-order valence-corrected chi connectivity index (χ2v) is 20.6. The summed E-state index contributed by atoms with van der Waals surface area (Å²) in [6, 6.07) is 0. The van der Waals surface area contributed by atoms with Crippen molar-refractivity contribution in [3.05, 3.63) is 48.6 Å². The first-order valence-electron chi connectivity index (χ1n) is 28.4. The molecular weight excluding hydrogens is 909 g/mol. The fourth-order valence-electron chi connectivity index (χ4n) is 8.62. The third-order valence-corrected chi connectivity index (χ3v) is 13.4. The molecule has 0 aliphatic carbocycles. The van der Waals surface area contributed by atoms with Crippen LogP contribution in [0, 0.1) is 0 Å². The summed E-state index contributed by atoms with van der Waals surface area (Å²) in [5.74, 6) is -0.400. The summed E-state index contributed by atoms with van der Waals surface area (Å²) in [6.45, 7) is 3.98. The first kappa shape index (κ1) is 66.1. The van der Waals surface area contributed by atoms with E-state index in [4.69, 9.17) is 18.9 Å². The predicted octanol–water partition coefficient (Wildman–Crippen LogP) is 13.9. The molecule has 6 unspecified atom stereocenters. The van der Waals surface area contributed by atoms with Crippen molar-refractivity contribution in [3.63, 3.8) is 0 Å². The Morgan fingerprint density at radius 3 is 1.39 bits per heavy atom. The summed E-state index contributed by atoms with van der Waals surface area (Å²) in [6.07, 6.45) is 51.4. The summed E-state index contributed by atoms with van der Waals surface area (Å²) in [5.41, 5.74) is 0. The zero-order valence-corrected chi connectivity index (χ0v) is 45.1. The maximum Gasteiger partial charge on any atom is 0.397 e. The van der Waals surface area contributed by atoms with E-state index in [0.717, 1.165) is 51.4 Å². The maximum atomic E-state index is 13.0. The number of aliphatic hydroxyl groups excluding tert-OH is 3. The Morgan fingerprint density at radius 2 is 0.943 bits per heavy atom. The van der Waals surface area contributed by atoms with E-state index in [9.17, 15) is 33.1 Å². The van der Waals surface area contributed by atoms with Gasteiger partial charge in [-0.25, -0.2) is 4.18 Å². The predicted molar refractivity (Wildman–Crippen MR) is 285 cm³/mol. The van der Waals surface area contributed by atoms with Crippen molar-refractivity contribution in [2.24, 2.45) is 0 Å². The fourth-order valence-corrected chi connectivity index (χ4v) is 9.13. The van der Waals surface area contributed by atoms with Crippen LogP contribution in [0.3, 0.4) is 0 Å². The summed E-state index contributed by atoms with van der Waals surface area (Å²) in [4.78, 5) is 13.0. The zero-order chi connectivity index (χ0) is 51.0. The van der Waals surface area contributed by atoms with Crippen LogP contribution in [0.1, 0.15) is 245 Å². The molecule has 0 bridgehead atoms. The number of aliphatic hydroxyl groups is 3. The topological polar surface area (TPSA) is 178 Å². The van der Waals surface area contributed by atoms with Crippen molar-refractivity contribution in [2.45, 2.75) is 282 Å². The van der Waals surface area contributed by atoms with E-state index in [-0.39, 0.29) is 19.6 Å². The molecule has 0 aromatic heterocycles. The normalized spacial score (nSPS) is 19.4. The SMILES string of the molecule is CCCCC/C=C\C/C=C\CCCCCCCCCCCCOCC(COC1OC(CO)C(O)C(OS(=O)(=O)O)C1O)OC(=O)CCCCCCCCCCCCC/C=C\C/C=C\CCCCCCC. The summed E-state index contributed by atoms with van der Waals surface area (Å²) >= 11 is 0. The molecule has 4 N–H and O–H groups in total. The van der Waals surface area contributed by atoms with Crippen LogP contribution in [0.5, 0.6) is 0 Å².